The van der Waals surface area contributed by atoms with Gasteiger partial charge in [0.15, 0.2) is 0 Å². The molecule has 0 saturated heterocycles. The first-order chi connectivity index (χ1) is 10.3. The Balaban J connectivity index is 1.67. The van der Waals surface area contributed by atoms with Crippen LogP contribution < -0.4 is 10.1 Å². The van der Waals surface area contributed by atoms with E-state index in [9.17, 15) is 0 Å². The lowest BCUT2D eigenvalue weighted by atomic mass is 9.85. The van der Waals surface area contributed by atoms with Crippen molar-refractivity contribution < 1.29 is 4.74 Å². The Labute approximate surface area is 127 Å². The van der Waals surface area contributed by atoms with Crippen LogP contribution >= 0.6 is 0 Å². The maximum absolute atomic E-state index is 6.00. The Hall–Kier alpha value is -1.58. The largest absolute Gasteiger partial charge is 0.477 e. The maximum atomic E-state index is 6.00. The topological polar surface area (TPSA) is 47.0 Å². The number of nitrogens with zero attached hydrogens (tertiary/aromatic N) is 2. The number of aromatic nitrogens is 2. The summed E-state index contributed by atoms with van der Waals surface area (Å²) in [6, 6.07) is 1.93. The van der Waals surface area contributed by atoms with Crippen molar-refractivity contribution in [3.63, 3.8) is 0 Å². The lowest BCUT2D eigenvalue weighted by molar-refractivity contribution is 0.192. The van der Waals surface area contributed by atoms with Crippen molar-refractivity contribution in [3.8, 4) is 5.88 Å². The molecule has 0 bridgehead atoms. The van der Waals surface area contributed by atoms with E-state index in [0.717, 1.165) is 43.5 Å². The van der Waals surface area contributed by atoms with Crippen LogP contribution in [0.25, 0.3) is 0 Å². The summed E-state index contributed by atoms with van der Waals surface area (Å²) in [5.74, 6) is 4.39. The van der Waals surface area contributed by atoms with E-state index in [2.05, 4.69) is 41.3 Å². The molecular formula is C17H25N3O. The highest BCUT2D eigenvalue weighted by atomic mass is 16.5. The molecule has 1 aromatic heterocycles. The average molecular weight is 287 g/mol. The van der Waals surface area contributed by atoms with Crippen LogP contribution in [0.5, 0.6) is 5.88 Å². The van der Waals surface area contributed by atoms with Gasteiger partial charge in [0.2, 0.25) is 5.88 Å². The van der Waals surface area contributed by atoms with E-state index >= 15 is 0 Å². The zero-order valence-electron chi connectivity index (χ0n) is 13.0. The first-order valence-corrected chi connectivity index (χ1v) is 8.17. The van der Waals surface area contributed by atoms with E-state index in [1.165, 1.54) is 12.8 Å². The zero-order valence-corrected chi connectivity index (χ0v) is 13.0. The van der Waals surface area contributed by atoms with Gasteiger partial charge in [-0.05, 0) is 44.4 Å². The fourth-order valence-corrected chi connectivity index (χ4v) is 2.74. The van der Waals surface area contributed by atoms with Crippen molar-refractivity contribution in [3.05, 3.63) is 24.0 Å². The minimum atomic E-state index is 0.544. The second kappa shape index (κ2) is 6.46. The van der Waals surface area contributed by atoms with Gasteiger partial charge >= 0.3 is 0 Å². The predicted octanol–water partition coefficient (Wildman–Crippen LogP) is 3.77. The summed E-state index contributed by atoms with van der Waals surface area (Å²) in [4.78, 5) is 9.18. The first kappa shape index (κ1) is 14.4. The van der Waals surface area contributed by atoms with Crippen molar-refractivity contribution in [1.82, 2.24) is 9.97 Å². The summed E-state index contributed by atoms with van der Waals surface area (Å²) >= 11 is 0. The summed E-state index contributed by atoms with van der Waals surface area (Å²) in [7, 11) is 0. The van der Waals surface area contributed by atoms with Gasteiger partial charge in [0, 0.05) is 18.5 Å². The molecule has 0 spiro atoms. The smallest absolute Gasteiger partial charge is 0.218 e. The molecule has 0 amide bonds. The molecular weight excluding hydrogens is 262 g/mol. The quantitative estimate of drug-likeness (QED) is 0.809. The fourth-order valence-electron chi connectivity index (χ4n) is 2.74. The van der Waals surface area contributed by atoms with Crippen LogP contribution in [0.4, 0.5) is 5.82 Å². The SMILES string of the molecule is CCNc1cc(OCC2CC=CCC2C)nc(C2CC2)n1. The molecule has 21 heavy (non-hydrogen) atoms. The van der Waals surface area contributed by atoms with E-state index in [0.29, 0.717) is 17.8 Å². The third-order valence-electron chi connectivity index (χ3n) is 4.38. The number of anilines is 1. The molecule has 4 heteroatoms. The highest BCUT2D eigenvalue weighted by Crippen LogP contribution is 2.39. The van der Waals surface area contributed by atoms with Crippen LogP contribution in [-0.4, -0.2) is 23.1 Å². The second-order valence-electron chi connectivity index (χ2n) is 6.25. The lowest BCUT2D eigenvalue weighted by Crippen LogP contribution is -2.21. The maximum Gasteiger partial charge on any atom is 0.218 e. The van der Waals surface area contributed by atoms with Crippen molar-refractivity contribution in [2.75, 3.05) is 18.5 Å². The van der Waals surface area contributed by atoms with Gasteiger partial charge in [-0.1, -0.05) is 19.1 Å². The van der Waals surface area contributed by atoms with Gasteiger partial charge in [-0.15, -0.1) is 0 Å². The average Bonchev–Trinajstić information content (AvgIpc) is 3.31. The summed E-state index contributed by atoms with van der Waals surface area (Å²) < 4.78 is 6.00. The van der Waals surface area contributed by atoms with Crippen LogP contribution in [0.15, 0.2) is 18.2 Å². The monoisotopic (exact) mass is 287 g/mol. The van der Waals surface area contributed by atoms with Gasteiger partial charge in [0.05, 0.1) is 6.61 Å². The summed E-state index contributed by atoms with van der Waals surface area (Å²) in [6.07, 6.45) is 9.24. The van der Waals surface area contributed by atoms with Crippen molar-refractivity contribution in [1.29, 1.82) is 0 Å². The van der Waals surface area contributed by atoms with Gasteiger partial charge in [-0.3, -0.25) is 0 Å². The highest BCUT2D eigenvalue weighted by Gasteiger charge is 2.28. The molecule has 3 rings (SSSR count). The molecule has 0 aliphatic heterocycles. The molecule has 2 aliphatic carbocycles. The molecule has 0 aromatic carbocycles. The van der Waals surface area contributed by atoms with Gasteiger partial charge < -0.3 is 10.1 Å². The predicted molar refractivity (Wildman–Crippen MR) is 84.7 cm³/mol. The van der Waals surface area contributed by atoms with Crippen LogP contribution in [0.2, 0.25) is 0 Å². The molecule has 2 atom stereocenters. The molecule has 1 aromatic rings. The summed E-state index contributed by atoms with van der Waals surface area (Å²) in [6.45, 7) is 6.00. The Kier molecular flexibility index (Phi) is 4.42. The molecule has 1 N–H and O–H groups in total. The van der Waals surface area contributed by atoms with Crippen LogP contribution in [0, 0.1) is 11.8 Å². The van der Waals surface area contributed by atoms with E-state index < -0.39 is 0 Å². The number of ether oxygens (including phenoxy) is 1. The summed E-state index contributed by atoms with van der Waals surface area (Å²) in [5, 5.41) is 3.28. The third kappa shape index (κ3) is 3.74. The normalized spacial score (nSPS) is 24.9. The minimum Gasteiger partial charge on any atom is -0.477 e. The summed E-state index contributed by atoms with van der Waals surface area (Å²) in [5.41, 5.74) is 0. The number of nitrogens with one attached hydrogen (secondary N) is 1. The Morgan fingerprint density at radius 1 is 1.24 bits per heavy atom. The molecule has 1 saturated carbocycles. The van der Waals surface area contributed by atoms with E-state index in [1.54, 1.807) is 0 Å². The molecule has 4 nitrogen and oxygen atoms in total. The van der Waals surface area contributed by atoms with Gasteiger partial charge in [0.1, 0.15) is 11.6 Å². The number of allylic oxidation sites excluding steroid dienone is 2. The highest BCUT2D eigenvalue weighted by molar-refractivity contribution is 5.39. The van der Waals surface area contributed by atoms with Crippen LogP contribution in [-0.2, 0) is 0 Å². The zero-order chi connectivity index (χ0) is 14.7. The molecule has 2 unspecified atom stereocenters. The first-order valence-electron chi connectivity index (χ1n) is 8.17. The van der Waals surface area contributed by atoms with Gasteiger partial charge in [0.25, 0.3) is 0 Å². The molecule has 1 heterocycles. The molecule has 1 fully saturated rings. The van der Waals surface area contributed by atoms with Crippen molar-refractivity contribution in [2.24, 2.45) is 11.8 Å². The van der Waals surface area contributed by atoms with E-state index in [1.807, 2.05) is 6.07 Å². The third-order valence-corrected chi connectivity index (χ3v) is 4.38. The van der Waals surface area contributed by atoms with Crippen molar-refractivity contribution in [2.45, 2.75) is 45.4 Å². The van der Waals surface area contributed by atoms with E-state index in [4.69, 9.17) is 4.74 Å². The molecule has 114 valence electrons. The van der Waals surface area contributed by atoms with Crippen LogP contribution in [0.3, 0.4) is 0 Å². The van der Waals surface area contributed by atoms with Gasteiger partial charge in [-0.25, -0.2) is 4.98 Å². The Morgan fingerprint density at radius 3 is 2.76 bits per heavy atom. The van der Waals surface area contributed by atoms with Crippen LogP contribution in [0.1, 0.15) is 51.3 Å². The van der Waals surface area contributed by atoms with E-state index in [-0.39, 0.29) is 0 Å². The van der Waals surface area contributed by atoms with Gasteiger partial charge in [-0.2, -0.15) is 4.98 Å². The minimum absolute atomic E-state index is 0.544. The number of hydrogen-bond acceptors (Lipinski definition) is 4. The second-order valence-corrected chi connectivity index (χ2v) is 6.25. The number of rotatable bonds is 6. The molecule has 2 aliphatic rings. The fraction of sp³-hybridized carbons (Fsp3) is 0.647. The van der Waals surface area contributed by atoms with Crippen molar-refractivity contribution >= 4 is 5.82 Å². The Bertz CT molecular complexity index is 511. The Morgan fingerprint density at radius 2 is 2.05 bits per heavy atom. The standard InChI is InChI=1S/C17H25N3O/c1-3-18-15-10-16(20-17(19-15)13-8-9-13)21-11-14-7-5-4-6-12(14)2/h4-5,10,12-14H,3,6-9,11H2,1-2H3,(H,18,19,20). The number of hydrogen-bond donors (Lipinski definition) is 1. The molecule has 0 radical (unpaired) electrons. The lowest BCUT2D eigenvalue weighted by Gasteiger charge is -2.25.